The molecule has 0 unspecified atom stereocenters. The lowest BCUT2D eigenvalue weighted by Crippen LogP contribution is -1.86. The fourth-order valence-electron chi connectivity index (χ4n) is 1.61. The third-order valence-corrected chi connectivity index (χ3v) is 3.37. The largest absolute Gasteiger partial charge is 0.192 e. The van der Waals surface area contributed by atoms with Gasteiger partial charge in [-0.25, -0.2) is 0 Å². The first kappa shape index (κ1) is 12.9. The van der Waals surface area contributed by atoms with Crippen LogP contribution in [0.1, 0.15) is 11.1 Å². The van der Waals surface area contributed by atoms with E-state index in [1.54, 1.807) is 0 Å². The van der Waals surface area contributed by atoms with Crippen LogP contribution in [0.2, 0.25) is 0 Å². The van der Waals surface area contributed by atoms with Crippen molar-refractivity contribution >= 4 is 38.1 Å². The Morgan fingerprint density at radius 2 is 1.67 bits per heavy atom. The highest BCUT2D eigenvalue weighted by Crippen LogP contribution is 2.30. The van der Waals surface area contributed by atoms with Crippen LogP contribution in [0.5, 0.6) is 0 Å². The molecular weight excluding hydrogens is 310 g/mol. The molecule has 2 aromatic rings. The molecule has 18 heavy (non-hydrogen) atoms. The molecule has 0 heterocycles. The maximum atomic E-state index is 9.28. The second-order valence-corrected chi connectivity index (χ2v) is 4.97. The van der Waals surface area contributed by atoms with Crippen molar-refractivity contribution in [2.45, 2.75) is 0 Å². The van der Waals surface area contributed by atoms with Crippen LogP contribution >= 0.6 is 27.5 Å². The third kappa shape index (κ3) is 2.81. The molecular formula is C15H9BrClN. The predicted octanol–water partition coefficient (Wildman–Crippen LogP) is 5.08. The van der Waals surface area contributed by atoms with Crippen LogP contribution in [0, 0.1) is 11.3 Å². The third-order valence-electron chi connectivity index (χ3n) is 2.47. The first-order chi connectivity index (χ1) is 8.72. The predicted molar refractivity (Wildman–Crippen MR) is 78.9 cm³/mol. The van der Waals surface area contributed by atoms with Crippen molar-refractivity contribution in [3.05, 3.63) is 70.2 Å². The molecule has 1 nitrogen and oxygen atoms in total. The van der Waals surface area contributed by atoms with Crippen LogP contribution < -0.4 is 0 Å². The van der Waals surface area contributed by atoms with E-state index in [-0.39, 0.29) is 0 Å². The summed E-state index contributed by atoms with van der Waals surface area (Å²) in [7, 11) is 0. The summed E-state index contributed by atoms with van der Waals surface area (Å²) in [6.45, 7) is 0. The van der Waals surface area contributed by atoms with Gasteiger partial charge >= 0.3 is 0 Å². The first-order valence-corrected chi connectivity index (χ1v) is 6.50. The summed E-state index contributed by atoms with van der Waals surface area (Å²) < 4.78 is 0.934. The molecule has 0 bridgehead atoms. The molecule has 0 fully saturated rings. The fraction of sp³-hybridized carbons (Fsp3) is 0. The SMILES string of the molecule is N#CC(=C(Cl)c1cccc(Br)c1)c1ccccc1. The minimum atomic E-state index is 0.463. The quantitative estimate of drug-likeness (QED) is 0.559. The number of nitrogens with zero attached hydrogens (tertiary/aromatic N) is 1. The molecule has 0 saturated carbocycles. The van der Waals surface area contributed by atoms with Crippen LogP contribution in [-0.4, -0.2) is 0 Å². The Labute approximate surface area is 119 Å². The molecule has 0 amide bonds. The molecule has 3 heteroatoms. The lowest BCUT2D eigenvalue weighted by molar-refractivity contribution is 1.52. The highest BCUT2D eigenvalue weighted by Gasteiger charge is 2.09. The van der Waals surface area contributed by atoms with Gasteiger partial charge in [0, 0.05) is 4.47 Å². The van der Waals surface area contributed by atoms with Gasteiger partial charge in [-0.05, 0) is 23.3 Å². The van der Waals surface area contributed by atoms with Gasteiger partial charge in [-0.3, -0.25) is 0 Å². The number of nitriles is 1. The molecule has 0 saturated heterocycles. The summed E-state index contributed by atoms with van der Waals surface area (Å²) in [5, 5.41) is 9.74. The number of benzene rings is 2. The Kier molecular flexibility index (Phi) is 4.19. The lowest BCUT2D eigenvalue weighted by atomic mass is 10.0. The smallest absolute Gasteiger partial charge is 0.101 e. The molecule has 0 aliphatic carbocycles. The summed E-state index contributed by atoms with van der Waals surface area (Å²) in [6, 6.07) is 19.2. The van der Waals surface area contributed by atoms with E-state index in [1.165, 1.54) is 0 Å². The van der Waals surface area contributed by atoms with E-state index in [0.717, 1.165) is 15.6 Å². The highest BCUT2D eigenvalue weighted by molar-refractivity contribution is 9.10. The van der Waals surface area contributed by atoms with Gasteiger partial charge in [-0.15, -0.1) is 0 Å². The molecule has 0 spiro atoms. The van der Waals surface area contributed by atoms with Crippen molar-refractivity contribution in [1.29, 1.82) is 5.26 Å². The molecule has 0 N–H and O–H groups in total. The van der Waals surface area contributed by atoms with Gasteiger partial charge in [0.05, 0.1) is 10.6 Å². The zero-order chi connectivity index (χ0) is 13.0. The minimum Gasteiger partial charge on any atom is -0.192 e. The van der Waals surface area contributed by atoms with Crippen LogP contribution in [-0.2, 0) is 0 Å². The molecule has 0 aliphatic heterocycles. The molecule has 0 radical (unpaired) electrons. The van der Waals surface area contributed by atoms with E-state index in [9.17, 15) is 5.26 Å². The van der Waals surface area contributed by atoms with E-state index in [1.807, 2.05) is 54.6 Å². The van der Waals surface area contributed by atoms with Gasteiger partial charge in [0.15, 0.2) is 0 Å². The highest BCUT2D eigenvalue weighted by atomic mass is 79.9. The van der Waals surface area contributed by atoms with Crippen molar-refractivity contribution in [1.82, 2.24) is 0 Å². The Hall–Kier alpha value is -1.56. The Bertz CT molecular complexity index is 626. The second-order valence-electron chi connectivity index (χ2n) is 3.68. The number of hydrogen-bond acceptors (Lipinski definition) is 1. The zero-order valence-electron chi connectivity index (χ0n) is 9.40. The van der Waals surface area contributed by atoms with Gasteiger partial charge in [-0.2, -0.15) is 5.26 Å². The molecule has 0 aromatic heterocycles. The standard InChI is InChI=1S/C15H9BrClN/c16-13-8-4-7-12(9-13)15(17)14(10-18)11-5-2-1-3-6-11/h1-9H. The maximum Gasteiger partial charge on any atom is 0.101 e. The van der Waals surface area contributed by atoms with Gasteiger partial charge in [0.1, 0.15) is 6.07 Å². The Morgan fingerprint density at radius 3 is 2.28 bits per heavy atom. The number of halogens is 2. The first-order valence-electron chi connectivity index (χ1n) is 5.33. The molecule has 88 valence electrons. The van der Waals surface area contributed by atoms with Gasteiger partial charge in [0.25, 0.3) is 0 Å². The zero-order valence-corrected chi connectivity index (χ0v) is 11.7. The van der Waals surface area contributed by atoms with Gasteiger partial charge < -0.3 is 0 Å². The lowest BCUT2D eigenvalue weighted by Gasteiger charge is -2.05. The number of rotatable bonds is 2. The minimum absolute atomic E-state index is 0.463. The number of hydrogen-bond donors (Lipinski definition) is 0. The van der Waals surface area contributed by atoms with E-state index in [2.05, 4.69) is 22.0 Å². The van der Waals surface area contributed by atoms with E-state index >= 15 is 0 Å². The van der Waals surface area contributed by atoms with Crippen molar-refractivity contribution in [2.75, 3.05) is 0 Å². The number of allylic oxidation sites excluding steroid dienone is 1. The van der Waals surface area contributed by atoms with Crippen molar-refractivity contribution in [3.8, 4) is 6.07 Å². The maximum absolute atomic E-state index is 9.28. The fourth-order valence-corrected chi connectivity index (χ4v) is 2.28. The molecule has 2 rings (SSSR count). The second kappa shape index (κ2) is 5.86. The van der Waals surface area contributed by atoms with Crippen LogP contribution in [0.3, 0.4) is 0 Å². The van der Waals surface area contributed by atoms with Crippen LogP contribution in [0.25, 0.3) is 10.6 Å². The van der Waals surface area contributed by atoms with Gasteiger partial charge in [-0.1, -0.05) is 70.0 Å². The van der Waals surface area contributed by atoms with Crippen molar-refractivity contribution in [3.63, 3.8) is 0 Å². The molecule has 0 aliphatic rings. The average Bonchev–Trinajstić information content (AvgIpc) is 2.41. The Balaban J connectivity index is 2.55. The summed E-state index contributed by atoms with van der Waals surface area (Å²) in [4.78, 5) is 0. The molecule has 2 aromatic carbocycles. The Morgan fingerprint density at radius 1 is 1.00 bits per heavy atom. The summed E-state index contributed by atoms with van der Waals surface area (Å²) in [5.41, 5.74) is 2.13. The molecule has 0 atom stereocenters. The van der Waals surface area contributed by atoms with Crippen LogP contribution in [0.4, 0.5) is 0 Å². The van der Waals surface area contributed by atoms with Crippen molar-refractivity contribution < 1.29 is 0 Å². The summed E-state index contributed by atoms with van der Waals surface area (Å²) >= 11 is 9.71. The van der Waals surface area contributed by atoms with E-state index in [0.29, 0.717) is 10.6 Å². The average molecular weight is 319 g/mol. The normalized spacial score (nSPS) is 11.6. The summed E-state index contributed by atoms with van der Waals surface area (Å²) in [6.07, 6.45) is 0. The van der Waals surface area contributed by atoms with Crippen molar-refractivity contribution in [2.24, 2.45) is 0 Å². The topological polar surface area (TPSA) is 23.8 Å². The monoisotopic (exact) mass is 317 g/mol. The van der Waals surface area contributed by atoms with E-state index in [4.69, 9.17) is 11.6 Å². The van der Waals surface area contributed by atoms with E-state index < -0.39 is 0 Å². The van der Waals surface area contributed by atoms with Gasteiger partial charge in [0.2, 0.25) is 0 Å². The van der Waals surface area contributed by atoms with Crippen LogP contribution in [0.15, 0.2) is 59.1 Å². The summed E-state index contributed by atoms with van der Waals surface area (Å²) in [5.74, 6) is 0.